The number of carbonyl (C=O) groups excluding carboxylic acids is 1. The number of pyridine rings is 1. The maximum absolute atomic E-state index is 13.1. The van der Waals surface area contributed by atoms with E-state index in [0.29, 0.717) is 0 Å². The Morgan fingerprint density at radius 3 is 2.86 bits per heavy atom. The molecule has 2 heterocycles. The van der Waals surface area contributed by atoms with Gasteiger partial charge in [-0.15, -0.1) is 0 Å². The Kier molecular flexibility index (Phi) is 2.06. The van der Waals surface area contributed by atoms with Crippen molar-refractivity contribution in [2.45, 2.75) is 0 Å². The molecule has 0 spiro atoms. The van der Waals surface area contributed by atoms with Crippen molar-refractivity contribution in [3.05, 3.63) is 48.1 Å². The first kappa shape index (κ1) is 8.55. The van der Waals surface area contributed by atoms with E-state index in [2.05, 4.69) is 15.0 Å². The van der Waals surface area contributed by atoms with Crippen LogP contribution in [0.5, 0.6) is 0 Å². The van der Waals surface area contributed by atoms with Crippen LogP contribution < -0.4 is 0 Å². The van der Waals surface area contributed by atoms with Gasteiger partial charge in [-0.25, -0.2) is 14.4 Å². The third-order valence-corrected chi connectivity index (χ3v) is 1.69. The van der Waals surface area contributed by atoms with Crippen molar-refractivity contribution in [3.8, 4) is 0 Å². The predicted molar refractivity (Wildman–Crippen MR) is 46.2 cm³/mol. The molecule has 2 rings (SSSR count). The van der Waals surface area contributed by atoms with Crippen molar-refractivity contribution < 1.29 is 9.18 Å². The Labute approximate surface area is 78.8 Å². The highest BCUT2D eigenvalue weighted by molar-refractivity contribution is 6.05. The first-order valence-electron chi connectivity index (χ1n) is 3.93. The summed E-state index contributed by atoms with van der Waals surface area (Å²) in [5.41, 5.74) is -0.220. The number of aromatic nitrogens is 3. The van der Waals surface area contributed by atoms with E-state index in [1.165, 1.54) is 30.7 Å². The van der Waals surface area contributed by atoms with Crippen molar-refractivity contribution >= 4 is 5.78 Å². The van der Waals surface area contributed by atoms with Crippen LogP contribution in [-0.4, -0.2) is 20.7 Å². The summed E-state index contributed by atoms with van der Waals surface area (Å²) < 4.78 is 13.1. The minimum Gasteiger partial charge on any atom is -0.342 e. The topological polar surface area (TPSA) is 58.6 Å². The van der Waals surface area contributed by atoms with Gasteiger partial charge in [0.05, 0.1) is 0 Å². The van der Waals surface area contributed by atoms with E-state index in [9.17, 15) is 9.18 Å². The van der Waals surface area contributed by atoms with Gasteiger partial charge >= 0.3 is 0 Å². The zero-order valence-corrected chi connectivity index (χ0v) is 7.07. The molecule has 0 aromatic carbocycles. The first-order chi connectivity index (χ1) is 6.79. The van der Waals surface area contributed by atoms with Gasteiger partial charge in [0.2, 0.25) is 5.78 Å². The zero-order chi connectivity index (χ0) is 9.97. The second-order valence-electron chi connectivity index (χ2n) is 2.60. The molecule has 0 saturated carbocycles. The molecule has 0 unspecified atom stereocenters. The number of aromatic amines is 1. The summed E-state index contributed by atoms with van der Waals surface area (Å²) in [5, 5.41) is 0. The normalized spacial score (nSPS) is 10.1. The van der Waals surface area contributed by atoms with E-state index < -0.39 is 11.6 Å². The lowest BCUT2D eigenvalue weighted by Gasteiger charge is -1.97. The van der Waals surface area contributed by atoms with Gasteiger partial charge < -0.3 is 4.98 Å². The van der Waals surface area contributed by atoms with Crippen LogP contribution in [0.1, 0.15) is 16.3 Å². The fourth-order valence-electron chi connectivity index (χ4n) is 1.05. The van der Waals surface area contributed by atoms with E-state index in [1.54, 1.807) is 0 Å². The Bertz CT molecular complexity index is 453. The fraction of sp³-hybridized carbons (Fsp3) is 0. The van der Waals surface area contributed by atoms with E-state index >= 15 is 0 Å². The highest BCUT2D eigenvalue weighted by Gasteiger charge is 2.16. The number of imidazole rings is 1. The van der Waals surface area contributed by atoms with E-state index in [4.69, 9.17) is 0 Å². The minimum absolute atomic E-state index is 0.0857. The molecule has 0 bridgehead atoms. The second-order valence-corrected chi connectivity index (χ2v) is 2.60. The number of halogens is 1. The van der Waals surface area contributed by atoms with Crippen molar-refractivity contribution in [2.24, 2.45) is 0 Å². The Hall–Kier alpha value is -2.04. The lowest BCUT2D eigenvalue weighted by molar-refractivity contribution is 0.102. The monoisotopic (exact) mass is 191 g/mol. The molecular formula is C9H6FN3O. The molecule has 0 amide bonds. The first-order valence-corrected chi connectivity index (χ1v) is 3.93. The maximum Gasteiger partial charge on any atom is 0.249 e. The molecule has 0 aliphatic rings. The van der Waals surface area contributed by atoms with Crippen LogP contribution in [0.3, 0.4) is 0 Å². The van der Waals surface area contributed by atoms with Gasteiger partial charge in [0.15, 0.2) is 11.6 Å². The van der Waals surface area contributed by atoms with Gasteiger partial charge in [0.1, 0.15) is 5.69 Å². The summed E-state index contributed by atoms with van der Waals surface area (Å²) in [6, 6.07) is 2.61. The molecule has 1 N–H and O–H groups in total. The molecule has 2 aromatic rings. The van der Waals surface area contributed by atoms with Crippen LogP contribution >= 0.6 is 0 Å². The van der Waals surface area contributed by atoms with Gasteiger partial charge in [0, 0.05) is 18.6 Å². The quantitative estimate of drug-likeness (QED) is 0.725. The summed E-state index contributed by atoms with van der Waals surface area (Å²) in [7, 11) is 0. The number of hydrogen-bond acceptors (Lipinski definition) is 3. The van der Waals surface area contributed by atoms with Gasteiger partial charge in [-0.1, -0.05) is 0 Å². The molecule has 0 radical (unpaired) electrons. The minimum atomic E-state index is -0.645. The average molecular weight is 191 g/mol. The standard InChI is InChI=1S/C9H6FN3O/c10-6-2-1-3-11-7(6)8(14)9-12-4-5-13-9/h1-5H,(H,12,13). The Balaban J connectivity index is 2.42. The number of rotatable bonds is 2. The molecular weight excluding hydrogens is 185 g/mol. The van der Waals surface area contributed by atoms with Crippen LogP contribution in [0.2, 0.25) is 0 Å². The maximum atomic E-state index is 13.1. The molecule has 0 saturated heterocycles. The number of hydrogen-bond donors (Lipinski definition) is 1. The molecule has 0 aliphatic heterocycles. The predicted octanol–water partition coefficient (Wildman–Crippen LogP) is 1.17. The smallest absolute Gasteiger partial charge is 0.249 e. The number of carbonyl (C=O) groups is 1. The van der Waals surface area contributed by atoms with E-state index in [0.717, 1.165) is 0 Å². The zero-order valence-electron chi connectivity index (χ0n) is 7.07. The van der Waals surface area contributed by atoms with Gasteiger partial charge in [0.25, 0.3) is 0 Å². The number of H-pyrrole nitrogens is 1. The summed E-state index contributed by atoms with van der Waals surface area (Å²) in [6.45, 7) is 0. The van der Waals surface area contributed by atoms with Crippen molar-refractivity contribution in [1.29, 1.82) is 0 Å². The summed E-state index contributed by atoms with van der Waals surface area (Å²) in [5.74, 6) is -1.11. The number of nitrogens with one attached hydrogen (secondary N) is 1. The summed E-state index contributed by atoms with van der Waals surface area (Å²) >= 11 is 0. The molecule has 0 aliphatic carbocycles. The molecule has 0 fully saturated rings. The van der Waals surface area contributed by atoms with E-state index in [1.807, 2.05) is 0 Å². The lowest BCUT2D eigenvalue weighted by Crippen LogP contribution is -2.08. The van der Waals surface area contributed by atoms with E-state index in [-0.39, 0.29) is 11.5 Å². The van der Waals surface area contributed by atoms with Crippen molar-refractivity contribution in [3.63, 3.8) is 0 Å². The van der Waals surface area contributed by atoms with Crippen LogP contribution in [0.25, 0.3) is 0 Å². The molecule has 0 atom stereocenters. The SMILES string of the molecule is O=C(c1ncc[nH]1)c1ncccc1F. The molecule has 14 heavy (non-hydrogen) atoms. The molecule has 70 valence electrons. The third-order valence-electron chi connectivity index (χ3n) is 1.69. The number of ketones is 1. The highest BCUT2D eigenvalue weighted by Crippen LogP contribution is 2.06. The summed E-state index contributed by atoms with van der Waals surface area (Å²) in [6.07, 6.45) is 4.28. The van der Waals surface area contributed by atoms with Crippen LogP contribution in [0.4, 0.5) is 4.39 Å². The third kappa shape index (κ3) is 1.39. The largest absolute Gasteiger partial charge is 0.342 e. The lowest BCUT2D eigenvalue weighted by atomic mass is 10.2. The van der Waals surface area contributed by atoms with Gasteiger partial charge in [-0.2, -0.15) is 0 Å². The van der Waals surface area contributed by atoms with Crippen LogP contribution in [-0.2, 0) is 0 Å². The van der Waals surface area contributed by atoms with Gasteiger partial charge in [-0.05, 0) is 12.1 Å². The highest BCUT2D eigenvalue weighted by atomic mass is 19.1. The van der Waals surface area contributed by atoms with Crippen molar-refractivity contribution in [1.82, 2.24) is 15.0 Å². The number of nitrogens with zero attached hydrogens (tertiary/aromatic N) is 2. The molecule has 4 nitrogen and oxygen atoms in total. The molecule has 5 heteroatoms. The Morgan fingerprint density at radius 2 is 2.21 bits per heavy atom. The van der Waals surface area contributed by atoms with Crippen LogP contribution in [0.15, 0.2) is 30.7 Å². The average Bonchev–Trinajstić information content (AvgIpc) is 2.70. The second kappa shape index (κ2) is 3.37. The van der Waals surface area contributed by atoms with Gasteiger partial charge in [-0.3, -0.25) is 4.79 Å². The van der Waals surface area contributed by atoms with Crippen molar-refractivity contribution in [2.75, 3.05) is 0 Å². The Morgan fingerprint density at radius 1 is 1.36 bits per heavy atom. The molecule has 2 aromatic heterocycles. The summed E-state index contributed by atoms with van der Waals surface area (Å²) in [4.78, 5) is 21.5. The fourth-order valence-corrected chi connectivity index (χ4v) is 1.05. The van der Waals surface area contributed by atoms with Crippen LogP contribution in [0, 0.1) is 5.82 Å².